The molecule has 1 aliphatic rings. The Bertz CT molecular complexity index is 189. The SMILES string of the molecule is CCN1CCC(CC(N)C(=O)O)CC1. The number of hydrogen-bond acceptors (Lipinski definition) is 3. The van der Waals surface area contributed by atoms with E-state index in [2.05, 4.69) is 11.8 Å². The smallest absolute Gasteiger partial charge is 0.320 e. The predicted molar refractivity (Wildman–Crippen MR) is 55.1 cm³/mol. The highest BCUT2D eigenvalue weighted by Gasteiger charge is 2.22. The average Bonchev–Trinajstić information content (AvgIpc) is 2.19. The fourth-order valence-corrected chi connectivity index (χ4v) is 2.00. The number of nitrogens with two attached hydrogens (primary N) is 1. The van der Waals surface area contributed by atoms with Crippen LogP contribution in [0.5, 0.6) is 0 Å². The first kappa shape index (κ1) is 11.5. The summed E-state index contributed by atoms with van der Waals surface area (Å²) in [5, 5.41) is 8.68. The Labute approximate surface area is 85.1 Å². The third-order valence-corrected chi connectivity index (χ3v) is 3.06. The van der Waals surface area contributed by atoms with Gasteiger partial charge in [-0.15, -0.1) is 0 Å². The van der Waals surface area contributed by atoms with Crippen LogP contribution in [0.3, 0.4) is 0 Å². The number of piperidine rings is 1. The highest BCUT2D eigenvalue weighted by atomic mass is 16.4. The standard InChI is InChI=1S/C10H20N2O2/c1-2-12-5-3-8(4-6-12)7-9(11)10(13)14/h8-9H,2-7,11H2,1H3,(H,13,14). The minimum atomic E-state index is -0.872. The van der Waals surface area contributed by atoms with Gasteiger partial charge in [0.05, 0.1) is 0 Å². The molecule has 3 N–H and O–H groups in total. The van der Waals surface area contributed by atoms with Gasteiger partial charge in [0.15, 0.2) is 0 Å². The van der Waals surface area contributed by atoms with E-state index in [1.54, 1.807) is 0 Å². The van der Waals surface area contributed by atoms with Gasteiger partial charge in [-0.25, -0.2) is 0 Å². The fourth-order valence-electron chi connectivity index (χ4n) is 2.00. The lowest BCUT2D eigenvalue weighted by Crippen LogP contribution is -2.38. The molecule has 14 heavy (non-hydrogen) atoms. The first-order valence-electron chi connectivity index (χ1n) is 5.34. The van der Waals surface area contributed by atoms with Crippen LogP contribution in [0, 0.1) is 5.92 Å². The zero-order valence-corrected chi connectivity index (χ0v) is 8.78. The van der Waals surface area contributed by atoms with Crippen LogP contribution < -0.4 is 5.73 Å². The predicted octanol–water partition coefficient (Wildman–Crippen LogP) is 0.520. The molecule has 0 aromatic carbocycles. The van der Waals surface area contributed by atoms with E-state index in [1.165, 1.54) is 0 Å². The van der Waals surface area contributed by atoms with E-state index in [4.69, 9.17) is 10.8 Å². The van der Waals surface area contributed by atoms with Crippen LogP contribution in [0.1, 0.15) is 26.2 Å². The second-order valence-electron chi connectivity index (χ2n) is 4.06. The maximum Gasteiger partial charge on any atom is 0.320 e. The van der Waals surface area contributed by atoms with Crippen LogP contribution in [-0.2, 0) is 4.79 Å². The van der Waals surface area contributed by atoms with E-state index in [9.17, 15) is 4.79 Å². The lowest BCUT2D eigenvalue weighted by atomic mass is 9.90. The van der Waals surface area contributed by atoms with Gasteiger partial charge in [0.2, 0.25) is 0 Å². The van der Waals surface area contributed by atoms with Gasteiger partial charge in [0, 0.05) is 0 Å². The molecule has 0 aliphatic carbocycles. The van der Waals surface area contributed by atoms with Crippen LogP contribution >= 0.6 is 0 Å². The number of carboxylic acid groups (broad SMARTS) is 1. The van der Waals surface area contributed by atoms with Gasteiger partial charge in [0.1, 0.15) is 6.04 Å². The largest absolute Gasteiger partial charge is 0.480 e. The third kappa shape index (κ3) is 3.27. The van der Waals surface area contributed by atoms with E-state index >= 15 is 0 Å². The lowest BCUT2D eigenvalue weighted by molar-refractivity contribution is -0.139. The van der Waals surface area contributed by atoms with Crippen molar-refractivity contribution in [2.24, 2.45) is 11.7 Å². The highest BCUT2D eigenvalue weighted by Crippen LogP contribution is 2.21. The minimum Gasteiger partial charge on any atom is -0.480 e. The summed E-state index contributed by atoms with van der Waals surface area (Å²) in [6, 6.07) is -0.673. The molecule has 1 atom stereocenters. The van der Waals surface area contributed by atoms with Crippen molar-refractivity contribution in [1.29, 1.82) is 0 Å². The summed E-state index contributed by atoms with van der Waals surface area (Å²) in [7, 11) is 0. The van der Waals surface area contributed by atoms with Gasteiger partial charge in [-0.3, -0.25) is 4.79 Å². The number of aliphatic carboxylic acids is 1. The first-order valence-corrected chi connectivity index (χ1v) is 5.34. The molecule has 0 radical (unpaired) electrons. The molecular formula is C10H20N2O2. The summed E-state index contributed by atoms with van der Waals surface area (Å²) >= 11 is 0. The molecule has 0 amide bonds. The minimum absolute atomic E-state index is 0.504. The molecule has 4 nitrogen and oxygen atoms in total. The van der Waals surface area contributed by atoms with Gasteiger partial charge in [-0.1, -0.05) is 6.92 Å². The summed E-state index contributed by atoms with van der Waals surface area (Å²) in [6.45, 7) is 5.43. The Morgan fingerprint density at radius 3 is 2.57 bits per heavy atom. The van der Waals surface area contributed by atoms with Crippen LogP contribution in [0.2, 0.25) is 0 Å². The molecule has 0 aromatic heterocycles. The van der Waals surface area contributed by atoms with E-state index in [0.717, 1.165) is 32.5 Å². The molecule has 0 bridgehead atoms. The molecule has 1 fully saturated rings. The number of carboxylic acids is 1. The van der Waals surface area contributed by atoms with Gasteiger partial charge in [0.25, 0.3) is 0 Å². The molecule has 4 heteroatoms. The van der Waals surface area contributed by atoms with Crippen LogP contribution in [0.15, 0.2) is 0 Å². The molecule has 0 saturated carbocycles. The number of hydrogen-bond donors (Lipinski definition) is 2. The Hall–Kier alpha value is -0.610. The second-order valence-corrected chi connectivity index (χ2v) is 4.06. The van der Waals surface area contributed by atoms with Crippen molar-refractivity contribution in [2.45, 2.75) is 32.2 Å². The summed E-state index contributed by atoms with van der Waals surface area (Å²) in [6.07, 6.45) is 2.82. The Kier molecular flexibility index (Phi) is 4.35. The van der Waals surface area contributed by atoms with Crippen LogP contribution in [-0.4, -0.2) is 41.7 Å². The van der Waals surface area contributed by atoms with Crippen molar-refractivity contribution < 1.29 is 9.90 Å². The Balaban J connectivity index is 2.25. The summed E-state index contributed by atoms with van der Waals surface area (Å²) in [5.74, 6) is -0.369. The molecule has 1 saturated heterocycles. The first-order chi connectivity index (χ1) is 6.63. The number of rotatable bonds is 4. The normalized spacial score (nSPS) is 22.1. The fraction of sp³-hybridized carbons (Fsp3) is 0.900. The molecule has 0 spiro atoms. The zero-order chi connectivity index (χ0) is 10.6. The molecule has 1 aliphatic heterocycles. The molecule has 82 valence electrons. The second kappa shape index (κ2) is 5.32. The van der Waals surface area contributed by atoms with Gasteiger partial charge in [-0.05, 0) is 44.8 Å². The van der Waals surface area contributed by atoms with Crippen molar-refractivity contribution in [3.63, 3.8) is 0 Å². The van der Waals surface area contributed by atoms with Gasteiger partial charge in [-0.2, -0.15) is 0 Å². The zero-order valence-electron chi connectivity index (χ0n) is 8.78. The van der Waals surface area contributed by atoms with E-state index < -0.39 is 12.0 Å². The summed E-state index contributed by atoms with van der Waals surface area (Å²) < 4.78 is 0. The molecule has 0 aromatic rings. The van der Waals surface area contributed by atoms with Gasteiger partial charge >= 0.3 is 5.97 Å². The van der Waals surface area contributed by atoms with Crippen molar-refractivity contribution in [3.05, 3.63) is 0 Å². The molecule has 1 unspecified atom stereocenters. The third-order valence-electron chi connectivity index (χ3n) is 3.06. The maximum absolute atomic E-state index is 10.6. The topological polar surface area (TPSA) is 66.6 Å². The van der Waals surface area contributed by atoms with Crippen molar-refractivity contribution in [2.75, 3.05) is 19.6 Å². The van der Waals surface area contributed by atoms with Crippen LogP contribution in [0.25, 0.3) is 0 Å². The van der Waals surface area contributed by atoms with E-state index in [0.29, 0.717) is 12.3 Å². The molecular weight excluding hydrogens is 180 g/mol. The monoisotopic (exact) mass is 200 g/mol. The Morgan fingerprint density at radius 1 is 1.57 bits per heavy atom. The van der Waals surface area contributed by atoms with E-state index in [1.807, 2.05) is 0 Å². The number of nitrogens with zero attached hydrogens (tertiary/aromatic N) is 1. The highest BCUT2D eigenvalue weighted by molar-refractivity contribution is 5.73. The Morgan fingerprint density at radius 2 is 2.14 bits per heavy atom. The van der Waals surface area contributed by atoms with Crippen molar-refractivity contribution in [1.82, 2.24) is 4.90 Å². The van der Waals surface area contributed by atoms with Crippen molar-refractivity contribution in [3.8, 4) is 0 Å². The van der Waals surface area contributed by atoms with Crippen molar-refractivity contribution >= 4 is 5.97 Å². The quantitative estimate of drug-likeness (QED) is 0.694. The van der Waals surface area contributed by atoms with Gasteiger partial charge < -0.3 is 15.7 Å². The maximum atomic E-state index is 10.6. The average molecular weight is 200 g/mol. The number of likely N-dealkylation sites (tertiary alicyclic amines) is 1. The molecule has 1 heterocycles. The lowest BCUT2D eigenvalue weighted by Gasteiger charge is -2.31. The van der Waals surface area contributed by atoms with E-state index in [-0.39, 0.29) is 0 Å². The number of carbonyl (C=O) groups is 1. The summed E-state index contributed by atoms with van der Waals surface area (Å²) in [5.41, 5.74) is 5.50. The van der Waals surface area contributed by atoms with Crippen LogP contribution in [0.4, 0.5) is 0 Å². The summed E-state index contributed by atoms with van der Waals surface area (Å²) in [4.78, 5) is 12.9. The molecule has 1 rings (SSSR count).